The van der Waals surface area contributed by atoms with E-state index in [1.165, 1.54) is 11.1 Å². The van der Waals surface area contributed by atoms with Crippen LogP contribution in [0.2, 0.25) is 0 Å². The van der Waals surface area contributed by atoms with Gasteiger partial charge in [0.05, 0.1) is 13.5 Å². The predicted octanol–water partition coefficient (Wildman–Crippen LogP) is 4.55. The number of methoxy groups -OCH3 is 1. The van der Waals surface area contributed by atoms with Crippen molar-refractivity contribution in [1.29, 1.82) is 0 Å². The molecular weight excluding hydrogens is 382 g/mol. The summed E-state index contributed by atoms with van der Waals surface area (Å²) in [7, 11) is 1.61. The third-order valence-electron chi connectivity index (χ3n) is 5.30. The minimum atomic E-state index is -0.438. The van der Waals surface area contributed by atoms with Crippen LogP contribution in [0.4, 0.5) is 0 Å². The van der Waals surface area contributed by atoms with E-state index < -0.39 is 5.97 Å². The lowest BCUT2D eigenvalue weighted by Crippen LogP contribution is -2.08. The normalized spacial score (nSPS) is 12.4. The Morgan fingerprint density at radius 3 is 2.60 bits per heavy atom. The van der Waals surface area contributed by atoms with Gasteiger partial charge in [0.2, 0.25) is 0 Å². The van der Waals surface area contributed by atoms with Crippen LogP contribution in [0.25, 0.3) is 11.3 Å². The SMILES string of the molecule is COc1ccc(-c2cc(COC(=O)CCC(=O)c3ccc4c(c3)CCC4)on2)cc1. The first-order chi connectivity index (χ1) is 14.6. The van der Waals surface area contributed by atoms with E-state index in [1.54, 1.807) is 13.2 Å². The van der Waals surface area contributed by atoms with Crippen molar-refractivity contribution in [2.45, 2.75) is 38.7 Å². The van der Waals surface area contributed by atoms with E-state index in [0.29, 0.717) is 17.0 Å². The van der Waals surface area contributed by atoms with Crippen molar-refractivity contribution in [2.24, 2.45) is 0 Å². The van der Waals surface area contributed by atoms with Gasteiger partial charge < -0.3 is 14.0 Å². The Hall–Kier alpha value is -3.41. The van der Waals surface area contributed by atoms with Gasteiger partial charge in [0.25, 0.3) is 0 Å². The standard InChI is InChI=1S/C24H23NO5/c1-28-20-9-7-17(8-10-20)22-14-21(30-25-22)15-29-24(27)12-11-23(26)19-6-5-16-3-2-4-18(16)13-19/h5-10,13-14H,2-4,11-12,15H2,1H3. The molecule has 0 unspecified atom stereocenters. The van der Waals surface area contributed by atoms with Gasteiger partial charge >= 0.3 is 5.97 Å². The van der Waals surface area contributed by atoms with Crippen LogP contribution in [-0.4, -0.2) is 24.0 Å². The number of hydrogen-bond acceptors (Lipinski definition) is 6. The molecule has 0 spiro atoms. The largest absolute Gasteiger partial charge is 0.497 e. The number of carbonyl (C=O) groups excluding carboxylic acids is 2. The van der Waals surface area contributed by atoms with E-state index in [2.05, 4.69) is 5.16 Å². The average Bonchev–Trinajstić information content (AvgIpc) is 3.45. The summed E-state index contributed by atoms with van der Waals surface area (Å²) in [5, 5.41) is 4.00. The predicted molar refractivity (Wildman–Crippen MR) is 110 cm³/mol. The van der Waals surface area contributed by atoms with Gasteiger partial charge in [0.1, 0.15) is 11.4 Å². The number of ketones is 1. The molecule has 6 heteroatoms. The van der Waals surface area contributed by atoms with Gasteiger partial charge in [0.15, 0.2) is 18.2 Å². The van der Waals surface area contributed by atoms with Crippen LogP contribution in [0.3, 0.4) is 0 Å². The summed E-state index contributed by atoms with van der Waals surface area (Å²) >= 11 is 0. The highest BCUT2D eigenvalue weighted by Crippen LogP contribution is 2.24. The van der Waals surface area contributed by atoms with Gasteiger partial charge in [-0.25, -0.2) is 0 Å². The fourth-order valence-electron chi connectivity index (χ4n) is 3.61. The van der Waals surface area contributed by atoms with E-state index in [1.807, 2.05) is 42.5 Å². The monoisotopic (exact) mass is 405 g/mol. The number of fused-ring (bicyclic) bond motifs is 1. The summed E-state index contributed by atoms with van der Waals surface area (Å²) in [4.78, 5) is 24.4. The summed E-state index contributed by atoms with van der Waals surface area (Å²) in [6, 6.07) is 15.0. The fraction of sp³-hybridized carbons (Fsp3) is 0.292. The van der Waals surface area contributed by atoms with Crippen molar-refractivity contribution >= 4 is 11.8 Å². The van der Waals surface area contributed by atoms with Crippen molar-refractivity contribution in [3.05, 3.63) is 71.0 Å². The lowest BCUT2D eigenvalue weighted by atomic mass is 10.0. The first-order valence-corrected chi connectivity index (χ1v) is 10.0. The zero-order valence-corrected chi connectivity index (χ0v) is 16.8. The van der Waals surface area contributed by atoms with Crippen molar-refractivity contribution in [1.82, 2.24) is 5.16 Å². The number of aryl methyl sites for hydroxylation is 2. The molecule has 0 saturated heterocycles. The molecule has 6 nitrogen and oxygen atoms in total. The molecule has 4 rings (SSSR count). The topological polar surface area (TPSA) is 78.6 Å². The quantitative estimate of drug-likeness (QED) is 0.404. The minimum absolute atomic E-state index is 0.0188. The molecule has 1 heterocycles. The average molecular weight is 405 g/mol. The highest BCUT2D eigenvalue weighted by molar-refractivity contribution is 5.97. The molecule has 0 N–H and O–H groups in total. The molecule has 0 aliphatic heterocycles. The van der Waals surface area contributed by atoms with Crippen molar-refractivity contribution in [3.8, 4) is 17.0 Å². The second-order valence-electron chi connectivity index (χ2n) is 7.33. The molecule has 0 radical (unpaired) electrons. The molecular formula is C24H23NO5. The molecule has 0 atom stereocenters. The Balaban J connectivity index is 1.26. The van der Waals surface area contributed by atoms with E-state index in [4.69, 9.17) is 14.0 Å². The number of Topliss-reactive ketones (excluding diaryl/α,β-unsaturated/α-hetero) is 1. The Bertz CT molecular complexity index is 1050. The maximum Gasteiger partial charge on any atom is 0.306 e. The van der Waals surface area contributed by atoms with Crippen LogP contribution in [0, 0.1) is 0 Å². The lowest BCUT2D eigenvalue weighted by Gasteiger charge is -2.05. The molecule has 0 amide bonds. The van der Waals surface area contributed by atoms with Crippen LogP contribution < -0.4 is 4.74 Å². The first kappa shape index (κ1) is 19.9. The maximum atomic E-state index is 12.4. The highest BCUT2D eigenvalue weighted by Gasteiger charge is 2.16. The Kier molecular flexibility index (Phi) is 5.93. The number of aromatic nitrogens is 1. The number of nitrogens with zero attached hydrogens (tertiary/aromatic N) is 1. The molecule has 30 heavy (non-hydrogen) atoms. The lowest BCUT2D eigenvalue weighted by molar-refractivity contribution is -0.145. The zero-order valence-electron chi connectivity index (χ0n) is 16.8. The van der Waals surface area contributed by atoms with Gasteiger partial charge in [-0.2, -0.15) is 0 Å². The van der Waals surface area contributed by atoms with Crippen LogP contribution in [-0.2, 0) is 29.0 Å². The van der Waals surface area contributed by atoms with Gasteiger partial charge in [0, 0.05) is 23.6 Å². The molecule has 2 aromatic carbocycles. The van der Waals surface area contributed by atoms with Crippen LogP contribution in [0.1, 0.15) is 46.5 Å². The van der Waals surface area contributed by atoms with Crippen LogP contribution in [0.15, 0.2) is 53.1 Å². The molecule has 0 bridgehead atoms. The van der Waals surface area contributed by atoms with E-state index >= 15 is 0 Å². The second kappa shape index (κ2) is 8.95. The van der Waals surface area contributed by atoms with Gasteiger partial charge in [-0.15, -0.1) is 0 Å². The van der Waals surface area contributed by atoms with Crippen molar-refractivity contribution in [2.75, 3.05) is 7.11 Å². The minimum Gasteiger partial charge on any atom is -0.497 e. The number of rotatable bonds is 8. The van der Waals surface area contributed by atoms with Crippen molar-refractivity contribution < 1.29 is 23.6 Å². The van der Waals surface area contributed by atoms with Gasteiger partial charge in [-0.1, -0.05) is 17.3 Å². The smallest absolute Gasteiger partial charge is 0.306 e. The third-order valence-corrected chi connectivity index (χ3v) is 5.30. The molecule has 1 aliphatic rings. The number of ether oxygens (including phenoxy) is 2. The molecule has 3 aromatic rings. The van der Waals surface area contributed by atoms with Crippen molar-refractivity contribution in [3.63, 3.8) is 0 Å². The van der Waals surface area contributed by atoms with Gasteiger partial charge in [-0.05, 0) is 60.7 Å². The summed E-state index contributed by atoms with van der Waals surface area (Å²) in [6.07, 6.45) is 3.41. The number of benzene rings is 2. The Morgan fingerprint density at radius 1 is 1.00 bits per heavy atom. The summed E-state index contributed by atoms with van der Waals surface area (Å²) in [5.74, 6) is 0.722. The highest BCUT2D eigenvalue weighted by atomic mass is 16.5. The number of esters is 1. The van der Waals surface area contributed by atoms with E-state index in [9.17, 15) is 9.59 Å². The molecule has 1 aromatic heterocycles. The van der Waals surface area contributed by atoms with Gasteiger partial charge in [-0.3, -0.25) is 9.59 Å². The third kappa shape index (κ3) is 4.59. The summed E-state index contributed by atoms with van der Waals surface area (Å²) in [5.41, 5.74) is 4.77. The molecule has 154 valence electrons. The first-order valence-electron chi connectivity index (χ1n) is 10.0. The van der Waals surface area contributed by atoms with E-state index in [0.717, 1.165) is 30.6 Å². The zero-order chi connectivity index (χ0) is 20.9. The Labute approximate surface area is 174 Å². The number of carbonyl (C=O) groups is 2. The Morgan fingerprint density at radius 2 is 1.80 bits per heavy atom. The molecule has 0 fully saturated rings. The molecule has 1 aliphatic carbocycles. The molecule has 0 saturated carbocycles. The second-order valence-corrected chi connectivity index (χ2v) is 7.33. The fourth-order valence-corrected chi connectivity index (χ4v) is 3.61. The summed E-state index contributed by atoms with van der Waals surface area (Å²) < 4.78 is 15.6. The van der Waals surface area contributed by atoms with E-state index in [-0.39, 0.29) is 25.2 Å². The summed E-state index contributed by atoms with van der Waals surface area (Å²) in [6.45, 7) is -0.0188. The van der Waals surface area contributed by atoms with Crippen LogP contribution >= 0.6 is 0 Å². The maximum absolute atomic E-state index is 12.4. The number of hydrogen-bond donors (Lipinski definition) is 0. The van der Waals surface area contributed by atoms with Crippen LogP contribution in [0.5, 0.6) is 5.75 Å².